The lowest BCUT2D eigenvalue weighted by Crippen LogP contribution is -2.23. The second kappa shape index (κ2) is 6.26. The molecule has 0 saturated heterocycles. The van der Waals surface area contributed by atoms with E-state index in [1.54, 1.807) is 24.3 Å². The molecule has 0 radical (unpaired) electrons. The van der Waals surface area contributed by atoms with Crippen molar-refractivity contribution in [3.63, 3.8) is 0 Å². The zero-order chi connectivity index (χ0) is 13.8. The summed E-state index contributed by atoms with van der Waals surface area (Å²) in [5, 5.41) is 6.54. The van der Waals surface area contributed by atoms with Gasteiger partial charge in [0.05, 0.1) is 5.01 Å². The van der Waals surface area contributed by atoms with Crippen molar-refractivity contribution in [2.24, 2.45) is 0 Å². The maximum absolute atomic E-state index is 13.7. The first-order valence-corrected chi connectivity index (χ1v) is 7.38. The van der Waals surface area contributed by atoms with E-state index >= 15 is 0 Å². The lowest BCUT2D eigenvalue weighted by molar-refractivity contribution is 0.540. The smallest absolute Gasteiger partial charge is 0.126 e. The predicted octanol–water partition coefficient (Wildman–Crippen LogP) is 3.79. The Kier molecular flexibility index (Phi) is 4.66. The lowest BCUT2D eigenvalue weighted by atomic mass is 10.0. The molecular weight excluding hydrogens is 259 g/mol. The van der Waals surface area contributed by atoms with Gasteiger partial charge in [0, 0.05) is 23.5 Å². The van der Waals surface area contributed by atoms with Crippen molar-refractivity contribution in [3.8, 4) is 0 Å². The molecule has 1 aromatic heterocycles. The van der Waals surface area contributed by atoms with E-state index < -0.39 is 0 Å². The molecule has 102 valence electrons. The SMILES string of the molecule is CCNC(Cc1nc(C)cs1)c1ccc(C)c(F)c1. The molecule has 1 unspecified atom stereocenters. The van der Waals surface area contributed by atoms with E-state index in [4.69, 9.17) is 0 Å². The van der Waals surface area contributed by atoms with Crippen LogP contribution in [0.2, 0.25) is 0 Å². The van der Waals surface area contributed by atoms with E-state index in [-0.39, 0.29) is 11.9 Å². The standard InChI is InChI=1S/C15H19FN2S/c1-4-17-14(8-15-18-11(3)9-19-15)12-6-5-10(2)13(16)7-12/h5-7,9,14,17H,4,8H2,1-3H3. The van der Waals surface area contributed by atoms with Crippen molar-refractivity contribution in [1.82, 2.24) is 10.3 Å². The molecule has 0 bridgehead atoms. The van der Waals surface area contributed by atoms with Crippen LogP contribution in [0.15, 0.2) is 23.6 Å². The molecule has 0 aliphatic carbocycles. The Morgan fingerprint density at radius 1 is 1.37 bits per heavy atom. The average molecular weight is 278 g/mol. The van der Waals surface area contributed by atoms with Gasteiger partial charge in [0.2, 0.25) is 0 Å². The fourth-order valence-corrected chi connectivity index (χ4v) is 2.87. The van der Waals surface area contributed by atoms with Gasteiger partial charge in [-0.1, -0.05) is 19.1 Å². The second-order valence-electron chi connectivity index (χ2n) is 4.71. The minimum atomic E-state index is -0.143. The van der Waals surface area contributed by atoms with Crippen molar-refractivity contribution < 1.29 is 4.39 Å². The summed E-state index contributed by atoms with van der Waals surface area (Å²) in [5.74, 6) is -0.143. The number of likely N-dealkylation sites (N-methyl/N-ethyl adjacent to an activating group) is 1. The highest BCUT2D eigenvalue weighted by atomic mass is 32.1. The first-order chi connectivity index (χ1) is 9.10. The maximum Gasteiger partial charge on any atom is 0.126 e. The van der Waals surface area contributed by atoms with Crippen LogP contribution in [0.5, 0.6) is 0 Å². The Labute approximate surface area is 117 Å². The minimum Gasteiger partial charge on any atom is -0.310 e. The molecule has 2 rings (SSSR count). The Bertz CT molecular complexity index is 551. The van der Waals surface area contributed by atoms with E-state index in [0.717, 1.165) is 29.2 Å². The van der Waals surface area contributed by atoms with Crippen LogP contribution in [0.4, 0.5) is 4.39 Å². The highest BCUT2D eigenvalue weighted by molar-refractivity contribution is 7.09. The highest BCUT2D eigenvalue weighted by Gasteiger charge is 2.14. The Hall–Kier alpha value is -1.26. The number of rotatable bonds is 5. The van der Waals surface area contributed by atoms with Gasteiger partial charge in [-0.3, -0.25) is 0 Å². The van der Waals surface area contributed by atoms with Gasteiger partial charge in [0.15, 0.2) is 0 Å². The molecule has 2 nitrogen and oxygen atoms in total. The van der Waals surface area contributed by atoms with Crippen LogP contribution in [-0.4, -0.2) is 11.5 Å². The molecule has 0 aliphatic rings. The summed E-state index contributed by atoms with van der Waals surface area (Å²) < 4.78 is 13.7. The van der Waals surface area contributed by atoms with Gasteiger partial charge in [-0.25, -0.2) is 9.37 Å². The van der Waals surface area contributed by atoms with E-state index in [2.05, 4.69) is 17.2 Å². The van der Waals surface area contributed by atoms with Crippen molar-refractivity contribution in [2.75, 3.05) is 6.54 Å². The van der Waals surface area contributed by atoms with Crippen LogP contribution < -0.4 is 5.32 Å². The predicted molar refractivity (Wildman–Crippen MR) is 78.1 cm³/mol. The molecule has 1 atom stereocenters. The second-order valence-corrected chi connectivity index (χ2v) is 5.65. The van der Waals surface area contributed by atoms with E-state index in [1.807, 2.05) is 24.4 Å². The molecule has 0 spiro atoms. The largest absolute Gasteiger partial charge is 0.310 e. The van der Waals surface area contributed by atoms with E-state index in [1.165, 1.54) is 0 Å². The number of aryl methyl sites for hydroxylation is 2. The van der Waals surface area contributed by atoms with Crippen LogP contribution in [0.3, 0.4) is 0 Å². The number of hydrogen-bond donors (Lipinski definition) is 1. The topological polar surface area (TPSA) is 24.9 Å². The third-order valence-corrected chi connectivity index (χ3v) is 4.08. The average Bonchev–Trinajstić information content (AvgIpc) is 2.78. The summed E-state index contributed by atoms with van der Waals surface area (Å²) in [7, 11) is 0. The van der Waals surface area contributed by atoms with Crippen LogP contribution >= 0.6 is 11.3 Å². The van der Waals surface area contributed by atoms with Gasteiger partial charge in [-0.05, 0) is 37.6 Å². The molecule has 0 saturated carbocycles. The molecule has 0 aliphatic heterocycles. The molecule has 0 fully saturated rings. The number of benzene rings is 1. The molecule has 1 N–H and O–H groups in total. The first-order valence-electron chi connectivity index (χ1n) is 6.50. The summed E-state index contributed by atoms with van der Waals surface area (Å²) in [4.78, 5) is 4.48. The molecular formula is C15H19FN2S. The van der Waals surface area contributed by atoms with Crippen molar-refractivity contribution in [2.45, 2.75) is 33.2 Å². The summed E-state index contributed by atoms with van der Waals surface area (Å²) >= 11 is 1.66. The quantitative estimate of drug-likeness (QED) is 0.900. The fourth-order valence-electron chi connectivity index (χ4n) is 2.05. The summed E-state index contributed by atoms with van der Waals surface area (Å²) in [6, 6.07) is 5.57. The summed E-state index contributed by atoms with van der Waals surface area (Å²) in [5.41, 5.74) is 2.72. The Balaban J connectivity index is 2.21. The van der Waals surface area contributed by atoms with E-state index in [0.29, 0.717) is 5.56 Å². The van der Waals surface area contributed by atoms with Crippen molar-refractivity contribution in [1.29, 1.82) is 0 Å². The van der Waals surface area contributed by atoms with Crippen molar-refractivity contribution >= 4 is 11.3 Å². The molecule has 1 heterocycles. The molecule has 4 heteroatoms. The van der Waals surface area contributed by atoms with Crippen LogP contribution in [0.1, 0.15) is 34.8 Å². The van der Waals surface area contributed by atoms with Gasteiger partial charge in [0.1, 0.15) is 5.82 Å². The molecule has 1 aromatic carbocycles. The van der Waals surface area contributed by atoms with Gasteiger partial charge in [-0.2, -0.15) is 0 Å². The third kappa shape index (κ3) is 3.61. The van der Waals surface area contributed by atoms with Gasteiger partial charge < -0.3 is 5.32 Å². The number of nitrogens with zero attached hydrogens (tertiary/aromatic N) is 1. The lowest BCUT2D eigenvalue weighted by Gasteiger charge is -2.17. The third-order valence-electron chi connectivity index (χ3n) is 3.09. The van der Waals surface area contributed by atoms with Crippen LogP contribution in [0, 0.1) is 19.7 Å². The first kappa shape index (κ1) is 14.2. The monoisotopic (exact) mass is 278 g/mol. The number of aromatic nitrogens is 1. The zero-order valence-corrected chi connectivity index (χ0v) is 12.4. The zero-order valence-electron chi connectivity index (χ0n) is 11.5. The van der Waals surface area contributed by atoms with Crippen LogP contribution in [0.25, 0.3) is 0 Å². The molecule has 0 amide bonds. The number of nitrogens with one attached hydrogen (secondary N) is 1. The maximum atomic E-state index is 13.7. The molecule has 19 heavy (non-hydrogen) atoms. The highest BCUT2D eigenvalue weighted by Crippen LogP contribution is 2.22. The van der Waals surface area contributed by atoms with Gasteiger partial charge in [-0.15, -0.1) is 11.3 Å². The van der Waals surface area contributed by atoms with Gasteiger partial charge in [0.25, 0.3) is 0 Å². The summed E-state index contributed by atoms with van der Waals surface area (Å²) in [6.45, 7) is 6.69. The van der Waals surface area contributed by atoms with E-state index in [9.17, 15) is 4.39 Å². The summed E-state index contributed by atoms with van der Waals surface area (Å²) in [6.07, 6.45) is 0.800. The van der Waals surface area contributed by atoms with Crippen LogP contribution in [-0.2, 0) is 6.42 Å². The fraction of sp³-hybridized carbons (Fsp3) is 0.400. The number of thiazole rings is 1. The number of halogens is 1. The normalized spacial score (nSPS) is 12.6. The number of hydrogen-bond acceptors (Lipinski definition) is 3. The van der Waals surface area contributed by atoms with Gasteiger partial charge >= 0.3 is 0 Å². The minimum absolute atomic E-state index is 0.116. The van der Waals surface area contributed by atoms with Crippen molar-refractivity contribution in [3.05, 3.63) is 51.2 Å². The Morgan fingerprint density at radius 3 is 2.74 bits per heavy atom. The molecule has 2 aromatic rings. The Morgan fingerprint density at radius 2 is 2.16 bits per heavy atom.